The van der Waals surface area contributed by atoms with E-state index in [1.807, 2.05) is 30.5 Å². The van der Waals surface area contributed by atoms with Crippen LogP contribution in [0.1, 0.15) is 30.9 Å². The van der Waals surface area contributed by atoms with E-state index in [-0.39, 0.29) is 17.2 Å². The Labute approximate surface area is 188 Å². The molecule has 2 aromatic carbocycles. The maximum absolute atomic E-state index is 13.3. The molecule has 2 aliphatic heterocycles. The fraction of sp³-hybridized carbons (Fsp3) is 0.167. The highest BCUT2D eigenvalue weighted by Gasteiger charge is 2.35. The standard InChI is InChI=1S/C24H20FN5OS/c1-2-5-21-28-30-22(26)19(23(31)27-24(30)32-21)12-16-14-29(20-7-4-3-6-18(16)20)13-15-8-10-17(25)11-9-15/h3-4,6-12,14,26H,2,5,13H2,1H3. The molecule has 0 radical (unpaired) electrons. The Bertz CT molecular complexity index is 1340. The zero-order valence-corrected chi connectivity index (χ0v) is 18.2. The second-order valence-electron chi connectivity index (χ2n) is 7.62. The average Bonchev–Trinajstić information content (AvgIpc) is 3.34. The number of rotatable bonds is 5. The normalized spacial score (nSPS) is 17.2. The van der Waals surface area contributed by atoms with Crippen molar-refractivity contribution in [2.45, 2.75) is 26.3 Å². The molecule has 0 atom stereocenters. The van der Waals surface area contributed by atoms with Crippen molar-refractivity contribution in [3.8, 4) is 0 Å². The van der Waals surface area contributed by atoms with Crippen LogP contribution in [0.3, 0.4) is 0 Å². The Kier molecular flexibility index (Phi) is 5.22. The third-order valence-corrected chi connectivity index (χ3v) is 6.31. The molecule has 5 rings (SSSR count). The van der Waals surface area contributed by atoms with Crippen LogP contribution in [0.15, 0.2) is 70.4 Å². The number of hydrazone groups is 1. The van der Waals surface area contributed by atoms with Gasteiger partial charge in [-0.15, -0.1) is 0 Å². The Hall–Kier alpha value is -3.52. The number of fused-ring (bicyclic) bond motifs is 2. The van der Waals surface area contributed by atoms with E-state index in [0.29, 0.717) is 11.7 Å². The molecular formula is C24H20FN5OS. The lowest BCUT2D eigenvalue weighted by molar-refractivity contribution is -0.114. The van der Waals surface area contributed by atoms with Gasteiger partial charge < -0.3 is 4.57 Å². The van der Waals surface area contributed by atoms with Crippen LogP contribution in [0.5, 0.6) is 0 Å². The first-order chi connectivity index (χ1) is 15.5. The van der Waals surface area contributed by atoms with Gasteiger partial charge in [0.1, 0.15) is 10.9 Å². The summed E-state index contributed by atoms with van der Waals surface area (Å²) in [5.74, 6) is -0.665. The van der Waals surface area contributed by atoms with Crippen molar-refractivity contribution in [1.29, 1.82) is 5.41 Å². The number of amides is 1. The molecule has 1 N–H and O–H groups in total. The monoisotopic (exact) mass is 445 g/mol. The van der Waals surface area contributed by atoms with Gasteiger partial charge in [0.15, 0.2) is 5.84 Å². The number of carbonyl (C=O) groups excluding carboxylic acids is 1. The lowest BCUT2D eigenvalue weighted by Gasteiger charge is -2.20. The maximum Gasteiger partial charge on any atom is 0.283 e. The number of nitrogens with one attached hydrogen (secondary N) is 1. The van der Waals surface area contributed by atoms with Crippen LogP contribution < -0.4 is 0 Å². The zero-order valence-electron chi connectivity index (χ0n) is 17.4. The number of carbonyl (C=O) groups is 1. The first kappa shape index (κ1) is 20.4. The number of halogens is 1. The lowest BCUT2D eigenvalue weighted by Crippen LogP contribution is -2.35. The number of benzene rings is 2. The molecule has 0 aliphatic carbocycles. The summed E-state index contributed by atoms with van der Waals surface area (Å²) < 4.78 is 15.3. The molecule has 0 saturated heterocycles. The van der Waals surface area contributed by atoms with Gasteiger partial charge in [0.05, 0.1) is 5.57 Å². The van der Waals surface area contributed by atoms with Gasteiger partial charge in [0.2, 0.25) is 5.17 Å². The molecule has 3 heterocycles. The molecule has 3 aromatic rings. The topological polar surface area (TPSA) is 73.8 Å². The molecule has 1 aromatic heterocycles. The molecule has 0 spiro atoms. The quantitative estimate of drug-likeness (QED) is 0.545. The van der Waals surface area contributed by atoms with Gasteiger partial charge >= 0.3 is 0 Å². The average molecular weight is 446 g/mol. The molecule has 160 valence electrons. The van der Waals surface area contributed by atoms with Crippen molar-refractivity contribution in [2.75, 3.05) is 0 Å². The van der Waals surface area contributed by atoms with Crippen LogP contribution >= 0.6 is 11.8 Å². The summed E-state index contributed by atoms with van der Waals surface area (Å²) in [5.41, 5.74) is 2.98. The van der Waals surface area contributed by atoms with Gasteiger partial charge in [-0.3, -0.25) is 10.2 Å². The summed E-state index contributed by atoms with van der Waals surface area (Å²) in [6.45, 7) is 2.62. The van der Waals surface area contributed by atoms with E-state index in [9.17, 15) is 9.18 Å². The molecule has 0 saturated carbocycles. The van der Waals surface area contributed by atoms with Crippen molar-refractivity contribution >= 4 is 50.7 Å². The summed E-state index contributed by atoms with van der Waals surface area (Å²) in [4.78, 5) is 16.9. The highest BCUT2D eigenvalue weighted by atomic mass is 32.2. The molecule has 2 aliphatic rings. The Morgan fingerprint density at radius 2 is 1.94 bits per heavy atom. The molecule has 0 fully saturated rings. The van der Waals surface area contributed by atoms with Crippen LogP contribution in [0, 0.1) is 11.2 Å². The Balaban J connectivity index is 1.53. The van der Waals surface area contributed by atoms with Crippen LogP contribution in [-0.4, -0.2) is 31.5 Å². The molecular weight excluding hydrogens is 425 g/mol. The van der Waals surface area contributed by atoms with Crippen LogP contribution in [0.25, 0.3) is 17.0 Å². The fourth-order valence-corrected chi connectivity index (χ4v) is 4.80. The predicted octanol–water partition coefficient (Wildman–Crippen LogP) is 5.25. The number of aromatic nitrogens is 1. The molecule has 0 unspecified atom stereocenters. The molecule has 6 nitrogen and oxygen atoms in total. The summed E-state index contributed by atoms with van der Waals surface area (Å²) >= 11 is 1.35. The van der Waals surface area contributed by atoms with E-state index >= 15 is 0 Å². The molecule has 1 amide bonds. The number of aliphatic imine (C=N–C) groups is 1. The molecule has 8 heteroatoms. The van der Waals surface area contributed by atoms with Gasteiger partial charge in [-0.2, -0.15) is 15.1 Å². The summed E-state index contributed by atoms with van der Waals surface area (Å²) in [7, 11) is 0. The Morgan fingerprint density at radius 3 is 2.72 bits per heavy atom. The SMILES string of the molecule is CCCC1=NN2C(=N)C(=Cc3cn(Cc4ccc(F)cc4)c4ccccc34)C(=O)N=C2S1. The number of amidine groups is 2. The van der Waals surface area contributed by atoms with Gasteiger partial charge in [-0.1, -0.05) is 37.3 Å². The van der Waals surface area contributed by atoms with Crippen molar-refractivity contribution in [3.63, 3.8) is 0 Å². The molecule has 0 bridgehead atoms. The van der Waals surface area contributed by atoms with E-state index in [2.05, 4.69) is 21.6 Å². The van der Waals surface area contributed by atoms with Crippen molar-refractivity contribution in [1.82, 2.24) is 9.58 Å². The lowest BCUT2D eigenvalue weighted by atomic mass is 10.1. The highest BCUT2D eigenvalue weighted by Crippen LogP contribution is 2.31. The van der Waals surface area contributed by atoms with Crippen molar-refractivity contribution in [3.05, 3.63) is 77.2 Å². The predicted molar refractivity (Wildman–Crippen MR) is 127 cm³/mol. The zero-order chi connectivity index (χ0) is 22.2. The largest absolute Gasteiger partial charge is 0.342 e. The first-order valence-electron chi connectivity index (χ1n) is 10.3. The Morgan fingerprint density at radius 1 is 1.16 bits per heavy atom. The van der Waals surface area contributed by atoms with Gasteiger partial charge in [-0.25, -0.2) is 4.39 Å². The van der Waals surface area contributed by atoms with Gasteiger partial charge in [-0.05, 0) is 54.4 Å². The van der Waals surface area contributed by atoms with Crippen molar-refractivity contribution in [2.24, 2.45) is 10.1 Å². The van der Waals surface area contributed by atoms with Gasteiger partial charge in [0, 0.05) is 29.2 Å². The maximum atomic E-state index is 13.3. The fourth-order valence-electron chi connectivity index (χ4n) is 3.81. The van der Waals surface area contributed by atoms with Crippen LogP contribution in [-0.2, 0) is 11.3 Å². The summed E-state index contributed by atoms with van der Waals surface area (Å²) in [6, 6.07) is 14.3. The van der Waals surface area contributed by atoms with E-state index in [0.717, 1.165) is 39.9 Å². The van der Waals surface area contributed by atoms with E-state index in [4.69, 9.17) is 5.41 Å². The smallest absolute Gasteiger partial charge is 0.283 e. The van der Waals surface area contributed by atoms with E-state index in [1.165, 1.54) is 28.9 Å². The minimum absolute atomic E-state index is 0.0361. The number of para-hydroxylation sites is 1. The first-order valence-corrected chi connectivity index (χ1v) is 11.2. The second kappa shape index (κ2) is 8.20. The second-order valence-corrected chi connectivity index (χ2v) is 8.66. The van der Waals surface area contributed by atoms with E-state index in [1.54, 1.807) is 18.2 Å². The molecule has 32 heavy (non-hydrogen) atoms. The number of hydrogen-bond donors (Lipinski definition) is 1. The van der Waals surface area contributed by atoms with Gasteiger partial charge in [0.25, 0.3) is 5.91 Å². The van der Waals surface area contributed by atoms with Crippen LogP contribution in [0.4, 0.5) is 4.39 Å². The third-order valence-electron chi connectivity index (χ3n) is 5.35. The van der Waals surface area contributed by atoms with E-state index < -0.39 is 5.91 Å². The number of hydrogen-bond acceptors (Lipinski definition) is 4. The van der Waals surface area contributed by atoms with Crippen LogP contribution in [0.2, 0.25) is 0 Å². The number of thioether (sulfide) groups is 1. The minimum atomic E-state index is -0.433. The minimum Gasteiger partial charge on any atom is -0.342 e. The third kappa shape index (κ3) is 3.67. The summed E-state index contributed by atoms with van der Waals surface area (Å²) in [5, 5.41) is 16.8. The van der Waals surface area contributed by atoms with Crippen molar-refractivity contribution < 1.29 is 9.18 Å². The highest BCUT2D eigenvalue weighted by molar-refractivity contribution is 8.26. The summed E-state index contributed by atoms with van der Waals surface area (Å²) in [6.07, 6.45) is 5.39. The number of nitrogens with zero attached hydrogens (tertiary/aromatic N) is 4.